The van der Waals surface area contributed by atoms with E-state index in [1.54, 1.807) is 0 Å². The van der Waals surface area contributed by atoms with Crippen LogP contribution < -0.4 is 5.43 Å². The van der Waals surface area contributed by atoms with Crippen LogP contribution in [-0.2, 0) is 0 Å². The lowest BCUT2D eigenvalue weighted by Gasteiger charge is -2.09. The van der Waals surface area contributed by atoms with Crippen molar-refractivity contribution in [1.29, 1.82) is 5.41 Å². The van der Waals surface area contributed by atoms with E-state index < -0.39 is 0 Å². The average Bonchev–Trinajstić information content (AvgIpc) is 3.84. The minimum absolute atomic E-state index is 0.448. The molecule has 0 fully saturated rings. The van der Waals surface area contributed by atoms with Gasteiger partial charge < -0.3 is 10.8 Å². The van der Waals surface area contributed by atoms with Crippen LogP contribution in [-0.4, -0.2) is 10.4 Å². The first-order chi connectivity index (χ1) is 24.7. The molecule has 0 unspecified atom stereocenters. The lowest BCUT2D eigenvalue weighted by molar-refractivity contribution is 1.05. The summed E-state index contributed by atoms with van der Waals surface area (Å²) >= 11 is 3.70. The zero-order valence-electron chi connectivity index (χ0n) is 26.9. The quantitative estimate of drug-likeness (QED) is 0.169. The molecule has 5 heteroatoms. The number of nitrogens with one attached hydrogen (secondary N) is 2. The number of fused-ring (bicyclic) bond motifs is 9. The van der Waals surface area contributed by atoms with Crippen molar-refractivity contribution in [1.82, 2.24) is 4.68 Å². The van der Waals surface area contributed by atoms with Gasteiger partial charge in [0.2, 0.25) is 0 Å². The molecule has 3 aromatic heterocycles. The third-order valence-electron chi connectivity index (χ3n) is 9.75. The maximum absolute atomic E-state index is 8.86. The molecule has 0 radical (unpaired) electrons. The van der Waals surface area contributed by atoms with Crippen molar-refractivity contribution < 1.29 is 0 Å². The van der Waals surface area contributed by atoms with Crippen LogP contribution in [0.15, 0.2) is 164 Å². The van der Waals surface area contributed by atoms with Crippen molar-refractivity contribution in [2.75, 3.05) is 5.43 Å². The summed E-state index contributed by atoms with van der Waals surface area (Å²) in [6.07, 6.45) is 3.70. The highest BCUT2D eigenvalue weighted by Crippen LogP contribution is 2.42. The summed E-state index contributed by atoms with van der Waals surface area (Å²) in [7, 11) is 0. The van der Waals surface area contributed by atoms with Gasteiger partial charge in [0.15, 0.2) is 0 Å². The molecular weight excluding hydrogens is 647 g/mol. The normalized spacial score (nSPS) is 12.0. The van der Waals surface area contributed by atoms with Gasteiger partial charge in [-0.15, -0.1) is 22.7 Å². The van der Waals surface area contributed by atoms with E-state index in [4.69, 9.17) is 5.41 Å². The second-order valence-corrected chi connectivity index (χ2v) is 14.7. The first-order valence-corrected chi connectivity index (χ1v) is 18.3. The highest BCUT2D eigenvalue weighted by molar-refractivity contribution is 7.26. The Labute approximate surface area is 296 Å². The van der Waals surface area contributed by atoms with Crippen molar-refractivity contribution in [3.63, 3.8) is 0 Å². The summed E-state index contributed by atoms with van der Waals surface area (Å²) in [4.78, 5) is 0. The zero-order valence-corrected chi connectivity index (χ0v) is 28.5. The van der Waals surface area contributed by atoms with Crippen LogP contribution in [0, 0.1) is 5.41 Å². The minimum Gasteiger partial charge on any atom is -0.301 e. The molecule has 0 bridgehead atoms. The van der Waals surface area contributed by atoms with E-state index in [1.165, 1.54) is 67.8 Å². The second-order valence-electron chi connectivity index (χ2n) is 12.6. The number of allylic oxidation sites excluding steroid dienone is 1. The third-order valence-corrected chi connectivity index (χ3v) is 12.2. The highest BCUT2D eigenvalue weighted by Gasteiger charge is 2.15. The van der Waals surface area contributed by atoms with Gasteiger partial charge in [-0.1, -0.05) is 121 Å². The van der Waals surface area contributed by atoms with Gasteiger partial charge in [0.25, 0.3) is 0 Å². The predicted molar refractivity (Wildman–Crippen MR) is 218 cm³/mol. The molecule has 3 heterocycles. The van der Waals surface area contributed by atoms with Crippen LogP contribution in [0.3, 0.4) is 0 Å². The fraction of sp³-hybridized carbons (Fsp3) is 0. The van der Waals surface area contributed by atoms with Crippen molar-refractivity contribution >= 4 is 90.5 Å². The summed E-state index contributed by atoms with van der Waals surface area (Å²) in [5.41, 5.74) is 11.9. The molecule has 0 spiro atoms. The van der Waals surface area contributed by atoms with Crippen LogP contribution >= 0.6 is 22.7 Å². The molecule has 10 rings (SSSR count). The van der Waals surface area contributed by atoms with Gasteiger partial charge >= 0.3 is 0 Å². The molecular formula is C45H29N3S2. The third kappa shape index (κ3) is 4.59. The number of para-hydroxylation sites is 1. The Kier molecular flexibility index (Phi) is 6.69. The van der Waals surface area contributed by atoms with Gasteiger partial charge in [0, 0.05) is 57.3 Å². The number of thiophene rings is 2. The molecule has 7 aromatic carbocycles. The van der Waals surface area contributed by atoms with E-state index >= 15 is 0 Å². The molecule has 0 aliphatic rings. The SMILES string of the molecule is N=C(/C=C\Nn1c2ccccc2c2cc(-c3cccc4c3sc3ccccc34)ccc21)c1ccc(-c2cccc3c2sc2ccccc23)cc1. The van der Waals surface area contributed by atoms with Crippen LogP contribution in [0.5, 0.6) is 0 Å². The van der Waals surface area contributed by atoms with E-state index in [2.05, 4.69) is 150 Å². The fourth-order valence-corrected chi connectivity index (χ4v) is 9.83. The van der Waals surface area contributed by atoms with Crippen molar-refractivity contribution in [3.8, 4) is 22.3 Å². The van der Waals surface area contributed by atoms with Crippen LogP contribution in [0.4, 0.5) is 0 Å². The average molecular weight is 676 g/mol. The van der Waals surface area contributed by atoms with E-state index in [0.717, 1.165) is 22.2 Å². The Morgan fingerprint density at radius 3 is 1.72 bits per heavy atom. The first kappa shape index (κ1) is 29.0. The maximum Gasteiger partial charge on any atom is 0.0710 e. The number of benzene rings is 7. The minimum atomic E-state index is 0.448. The van der Waals surface area contributed by atoms with Gasteiger partial charge in [-0.25, -0.2) is 0 Å². The first-order valence-electron chi connectivity index (χ1n) is 16.7. The van der Waals surface area contributed by atoms with Crippen LogP contribution in [0.2, 0.25) is 0 Å². The van der Waals surface area contributed by atoms with Crippen molar-refractivity contribution in [2.45, 2.75) is 0 Å². The Hall–Kier alpha value is -6.01. The van der Waals surface area contributed by atoms with Gasteiger partial charge in [0.1, 0.15) is 0 Å². The molecule has 10 aromatic rings. The number of aromatic nitrogens is 1. The molecule has 50 heavy (non-hydrogen) atoms. The van der Waals surface area contributed by atoms with Gasteiger partial charge in [-0.2, -0.15) is 0 Å². The molecule has 0 aliphatic heterocycles. The lowest BCUT2D eigenvalue weighted by atomic mass is 10.0. The molecule has 0 saturated carbocycles. The van der Waals surface area contributed by atoms with Crippen molar-refractivity contribution in [2.24, 2.45) is 0 Å². The second kappa shape index (κ2) is 11.6. The molecule has 3 nitrogen and oxygen atoms in total. The topological polar surface area (TPSA) is 40.8 Å². The Morgan fingerprint density at radius 2 is 1.04 bits per heavy atom. The molecule has 0 amide bonds. The zero-order chi connectivity index (χ0) is 33.2. The Balaban J connectivity index is 0.951. The van der Waals surface area contributed by atoms with E-state index in [-0.39, 0.29) is 0 Å². The number of rotatable bonds is 6. The smallest absolute Gasteiger partial charge is 0.0710 e. The largest absolute Gasteiger partial charge is 0.301 e. The summed E-state index contributed by atoms with van der Waals surface area (Å²) in [5.74, 6) is 0. The summed E-state index contributed by atoms with van der Waals surface area (Å²) in [5, 5.41) is 16.5. The molecule has 2 N–H and O–H groups in total. The summed E-state index contributed by atoms with van der Waals surface area (Å²) in [6.45, 7) is 0. The monoisotopic (exact) mass is 675 g/mol. The van der Waals surface area contributed by atoms with Crippen molar-refractivity contribution in [3.05, 3.63) is 169 Å². The molecule has 0 aliphatic carbocycles. The molecule has 0 saturated heterocycles. The maximum atomic E-state index is 8.86. The molecule has 0 atom stereocenters. The van der Waals surface area contributed by atoms with Crippen LogP contribution in [0.1, 0.15) is 5.56 Å². The van der Waals surface area contributed by atoms with E-state index in [0.29, 0.717) is 5.71 Å². The number of hydrogen-bond donors (Lipinski definition) is 2. The molecule has 236 valence electrons. The van der Waals surface area contributed by atoms with E-state index in [9.17, 15) is 0 Å². The fourth-order valence-electron chi connectivity index (χ4n) is 7.35. The van der Waals surface area contributed by atoms with E-state index in [1.807, 2.05) is 47.1 Å². The predicted octanol–water partition coefficient (Wildman–Crippen LogP) is 13.0. The van der Waals surface area contributed by atoms with Gasteiger partial charge in [-0.05, 0) is 64.2 Å². The van der Waals surface area contributed by atoms with Crippen LogP contribution in [0.25, 0.3) is 84.4 Å². The highest BCUT2D eigenvalue weighted by atomic mass is 32.1. The lowest BCUT2D eigenvalue weighted by Crippen LogP contribution is -2.08. The summed E-state index contributed by atoms with van der Waals surface area (Å²) in [6, 6.07) is 54.1. The number of nitrogens with zero attached hydrogens (tertiary/aromatic N) is 1. The van der Waals surface area contributed by atoms with Gasteiger partial charge in [-0.3, -0.25) is 4.68 Å². The summed E-state index contributed by atoms with van der Waals surface area (Å²) < 4.78 is 7.36. The van der Waals surface area contributed by atoms with Gasteiger partial charge in [0.05, 0.1) is 16.7 Å². The Bertz CT molecular complexity index is 2980. The standard InChI is InChI=1S/C45H29N3S2/c46-39(29-21-19-28(20-22-29)31-12-7-14-36-34-10-2-5-17-42(34)49-44(31)36)25-26-47-48-40-16-4-1-9-33(40)38-27-30(23-24-41(38)48)32-13-8-15-37-35-11-3-6-18-43(35)50-45(32)37/h1-27,46-47H/b26-25-,46-39?. The number of hydrogen-bond acceptors (Lipinski definition) is 4. The Morgan fingerprint density at radius 1 is 0.500 bits per heavy atom.